The van der Waals surface area contributed by atoms with Crippen LogP contribution in [0.1, 0.15) is 21.5 Å². The highest BCUT2D eigenvalue weighted by Crippen LogP contribution is 2.17. The summed E-state index contributed by atoms with van der Waals surface area (Å²) >= 11 is 0. The maximum absolute atomic E-state index is 13.5. The number of nitrogens with one attached hydrogen (secondary N) is 2. The average Bonchev–Trinajstić information content (AvgIpc) is 2.47. The molecule has 5 heteroatoms. The third-order valence-corrected chi connectivity index (χ3v) is 3.14. The Labute approximate surface area is 122 Å². The van der Waals surface area contributed by atoms with Gasteiger partial charge in [-0.05, 0) is 37.3 Å². The van der Waals surface area contributed by atoms with Gasteiger partial charge in [-0.25, -0.2) is 8.78 Å². The Morgan fingerprint density at radius 3 is 2.62 bits per heavy atom. The van der Waals surface area contributed by atoms with Crippen LogP contribution in [-0.2, 0) is 6.54 Å². The van der Waals surface area contributed by atoms with Gasteiger partial charge in [-0.1, -0.05) is 11.6 Å². The fraction of sp³-hybridized carbons (Fsp3) is 0.188. The molecule has 0 radical (unpaired) electrons. The van der Waals surface area contributed by atoms with Gasteiger partial charge in [-0.3, -0.25) is 4.79 Å². The number of aryl methyl sites for hydroxylation is 1. The lowest BCUT2D eigenvalue weighted by molar-refractivity contribution is 0.0951. The highest BCUT2D eigenvalue weighted by Gasteiger charge is 2.12. The van der Waals surface area contributed by atoms with Crippen LogP contribution in [0.5, 0.6) is 0 Å². The van der Waals surface area contributed by atoms with Crippen molar-refractivity contribution in [2.75, 3.05) is 12.4 Å². The van der Waals surface area contributed by atoms with E-state index in [9.17, 15) is 13.6 Å². The van der Waals surface area contributed by atoms with Gasteiger partial charge in [0.1, 0.15) is 11.6 Å². The third-order valence-electron chi connectivity index (χ3n) is 3.14. The smallest absolute Gasteiger partial charge is 0.253 e. The second-order valence-corrected chi connectivity index (χ2v) is 4.72. The molecule has 0 aliphatic heterocycles. The Bertz CT molecular complexity index is 671. The fourth-order valence-electron chi connectivity index (χ4n) is 2.01. The predicted octanol–water partition coefficient (Wildman–Crippen LogP) is 3.24. The van der Waals surface area contributed by atoms with E-state index in [1.807, 2.05) is 13.0 Å². The van der Waals surface area contributed by atoms with Crippen molar-refractivity contribution >= 4 is 11.6 Å². The van der Waals surface area contributed by atoms with Crippen molar-refractivity contribution in [2.24, 2.45) is 0 Å². The molecule has 0 spiro atoms. The zero-order valence-corrected chi connectivity index (χ0v) is 11.8. The summed E-state index contributed by atoms with van der Waals surface area (Å²) in [6.07, 6.45) is 0. The zero-order valence-electron chi connectivity index (χ0n) is 11.8. The zero-order chi connectivity index (χ0) is 15.4. The summed E-state index contributed by atoms with van der Waals surface area (Å²) in [6.45, 7) is 1.81. The first-order chi connectivity index (χ1) is 10.0. The molecule has 2 aromatic rings. The number of benzene rings is 2. The molecule has 0 atom stereocenters. The van der Waals surface area contributed by atoms with Crippen molar-refractivity contribution < 1.29 is 13.6 Å². The Kier molecular flexibility index (Phi) is 4.52. The van der Waals surface area contributed by atoms with E-state index in [0.29, 0.717) is 11.3 Å². The van der Waals surface area contributed by atoms with Gasteiger partial charge in [-0.2, -0.15) is 0 Å². The molecule has 0 heterocycles. The minimum atomic E-state index is -0.546. The molecule has 110 valence electrons. The first-order valence-electron chi connectivity index (χ1n) is 6.52. The van der Waals surface area contributed by atoms with E-state index in [-0.39, 0.29) is 18.0 Å². The van der Waals surface area contributed by atoms with Gasteiger partial charge >= 0.3 is 0 Å². The number of carbonyl (C=O) groups is 1. The van der Waals surface area contributed by atoms with E-state index in [1.165, 1.54) is 0 Å². The van der Waals surface area contributed by atoms with E-state index in [0.717, 1.165) is 23.8 Å². The lowest BCUT2D eigenvalue weighted by Crippen LogP contribution is -2.24. The monoisotopic (exact) mass is 290 g/mol. The van der Waals surface area contributed by atoms with Crippen LogP contribution >= 0.6 is 0 Å². The van der Waals surface area contributed by atoms with Gasteiger partial charge in [0.2, 0.25) is 0 Å². The van der Waals surface area contributed by atoms with Crippen LogP contribution in [0.15, 0.2) is 36.4 Å². The van der Waals surface area contributed by atoms with Gasteiger partial charge in [0.05, 0.1) is 5.56 Å². The molecule has 0 aliphatic rings. The number of rotatable bonds is 4. The number of carbonyl (C=O) groups excluding carboxylic acids is 1. The van der Waals surface area contributed by atoms with E-state index in [1.54, 1.807) is 19.2 Å². The molecule has 2 N–H and O–H groups in total. The largest absolute Gasteiger partial charge is 0.387 e. The van der Waals surface area contributed by atoms with Gasteiger partial charge in [-0.15, -0.1) is 0 Å². The number of amides is 1. The Morgan fingerprint density at radius 2 is 1.90 bits per heavy atom. The topological polar surface area (TPSA) is 41.1 Å². The molecular weight excluding hydrogens is 274 g/mol. The quantitative estimate of drug-likeness (QED) is 0.907. The number of hydrogen-bond donors (Lipinski definition) is 2. The van der Waals surface area contributed by atoms with Crippen molar-refractivity contribution in [2.45, 2.75) is 13.5 Å². The summed E-state index contributed by atoms with van der Waals surface area (Å²) in [6, 6.07) is 8.58. The van der Waals surface area contributed by atoms with E-state index in [2.05, 4.69) is 10.6 Å². The van der Waals surface area contributed by atoms with Crippen molar-refractivity contribution in [3.63, 3.8) is 0 Å². The molecule has 0 saturated heterocycles. The van der Waals surface area contributed by atoms with Crippen LogP contribution in [0.2, 0.25) is 0 Å². The normalized spacial score (nSPS) is 10.3. The highest BCUT2D eigenvalue weighted by atomic mass is 19.1. The molecule has 0 aromatic heterocycles. The molecule has 0 fully saturated rings. The first kappa shape index (κ1) is 15.0. The molecule has 3 nitrogen and oxygen atoms in total. The molecule has 2 aromatic carbocycles. The number of halogens is 2. The lowest BCUT2D eigenvalue weighted by atomic mass is 10.1. The van der Waals surface area contributed by atoms with E-state index >= 15 is 0 Å². The maximum Gasteiger partial charge on any atom is 0.253 e. The summed E-state index contributed by atoms with van der Waals surface area (Å²) in [7, 11) is 1.72. The van der Waals surface area contributed by atoms with Crippen molar-refractivity contribution in [3.8, 4) is 0 Å². The summed E-state index contributed by atoms with van der Waals surface area (Å²) in [5.41, 5.74) is 2.20. The SMILES string of the molecule is CNc1ccc(C)cc1C(=O)NCc1cc(F)ccc1F. The Morgan fingerprint density at radius 1 is 1.14 bits per heavy atom. The molecule has 0 saturated carbocycles. The fourth-order valence-corrected chi connectivity index (χ4v) is 2.01. The minimum Gasteiger partial charge on any atom is -0.387 e. The molecule has 0 aliphatic carbocycles. The summed E-state index contributed by atoms with van der Waals surface area (Å²) in [5, 5.41) is 5.53. The van der Waals surface area contributed by atoms with Crippen molar-refractivity contribution in [1.82, 2.24) is 5.32 Å². The van der Waals surface area contributed by atoms with E-state index in [4.69, 9.17) is 0 Å². The van der Waals surface area contributed by atoms with Crippen molar-refractivity contribution in [1.29, 1.82) is 0 Å². The second kappa shape index (κ2) is 6.35. The van der Waals surface area contributed by atoms with Crippen LogP contribution in [0.4, 0.5) is 14.5 Å². The average molecular weight is 290 g/mol. The summed E-state index contributed by atoms with van der Waals surface area (Å²) < 4.78 is 26.6. The standard InChI is InChI=1S/C16H16F2N2O/c1-10-3-6-15(19-2)13(7-10)16(21)20-9-11-8-12(17)4-5-14(11)18/h3-8,19H,9H2,1-2H3,(H,20,21). The van der Waals surface area contributed by atoms with Crippen LogP contribution in [0.25, 0.3) is 0 Å². The molecule has 2 rings (SSSR count). The van der Waals surface area contributed by atoms with Crippen LogP contribution in [0, 0.1) is 18.6 Å². The number of hydrogen-bond acceptors (Lipinski definition) is 2. The second-order valence-electron chi connectivity index (χ2n) is 4.72. The van der Waals surface area contributed by atoms with E-state index < -0.39 is 11.6 Å². The van der Waals surface area contributed by atoms with Gasteiger partial charge < -0.3 is 10.6 Å². The first-order valence-corrected chi connectivity index (χ1v) is 6.52. The molecule has 0 unspecified atom stereocenters. The molecule has 0 bridgehead atoms. The minimum absolute atomic E-state index is 0.0699. The summed E-state index contributed by atoms with van der Waals surface area (Å²) in [4.78, 5) is 12.2. The summed E-state index contributed by atoms with van der Waals surface area (Å²) in [5.74, 6) is -1.42. The molecular formula is C16H16F2N2O. The van der Waals surface area contributed by atoms with Gasteiger partial charge in [0.15, 0.2) is 0 Å². The third kappa shape index (κ3) is 3.56. The lowest BCUT2D eigenvalue weighted by Gasteiger charge is -2.11. The predicted molar refractivity (Wildman–Crippen MR) is 78.3 cm³/mol. The van der Waals surface area contributed by atoms with Gasteiger partial charge in [0.25, 0.3) is 5.91 Å². The molecule has 21 heavy (non-hydrogen) atoms. The molecule has 1 amide bonds. The van der Waals surface area contributed by atoms with Crippen LogP contribution in [-0.4, -0.2) is 13.0 Å². The number of anilines is 1. The van der Waals surface area contributed by atoms with Gasteiger partial charge in [0, 0.05) is 24.8 Å². The van der Waals surface area contributed by atoms with Crippen LogP contribution < -0.4 is 10.6 Å². The van der Waals surface area contributed by atoms with Crippen LogP contribution in [0.3, 0.4) is 0 Å². The Balaban J connectivity index is 2.15. The maximum atomic E-state index is 13.5. The Hall–Kier alpha value is -2.43. The highest BCUT2D eigenvalue weighted by molar-refractivity contribution is 5.99. The van der Waals surface area contributed by atoms with Crippen molar-refractivity contribution in [3.05, 3.63) is 64.7 Å².